The molecule has 0 aliphatic carbocycles. The molecule has 25 heavy (non-hydrogen) atoms. The molecule has 0 radical (unpaired) electrons. The van der Waals surface area contributed by atoms with E-state index in [4.69, 9.17) is 4.74 Å². The summed E-state index contributed by atoms with van der Waals surface area (Å²) < 4.78 is 18.7. The Labute approximate surface area is 146 Å². The molecular formula is C21H19FN2O. The molecule has 0 amide bonds. The highest BCUT2D eigenvalue weighted by atomic mass is 19.1. The average Bonchev–Trinajstić information content (AvgIpc) is 3.10. The van der Waals surface area contributed by atoms with Crippen molar-refractivity contribution in [3.05, 3.63) is 77.7 Å². The molecule has 2 aromatic carbocycles. The van der Waals surface area contributed by atoms with Crippen molar-refractivity contribution < 1.29 is 9.13 Å². The van der Waals surface area contributed by atoms with Crippen molar-refractivity contribution in [3.8, 4) is 16.9 Å². The molecule has 0 fully saturated rings. The smallest absolute Gasteiger partial charge is 0.126 e. The summed E-state index contributed by atoms with van der Waals surface area (Å²) in [6.07, 6.45) is 2.84. The van der Waals surface area contributed by atoms with Crippen molar-refractivity contribution in [2.24, 2.45) is 0 Å². The zero-order chi connectivity index (χ0) is 17.2. The molecular weight excluding hydrogens is 315 g/mol. The second-order valence-corrected chi connectivity index (χ2v) is 6.27. The molecule has 1 N–H and O–H groups in total. The van der Waals surface area contributed by atoms with Crippen LogP contribution in [0.1, 0.15) is 24.1 Å². The van der Waals surface area contributed by atoms with Crippen LogP contribution in [0.2, 0.25) is 0 Å². The zero-order valence-corrected chi connectivity index (χ0v) is 14.0. The van der Waals surface area contributed by atoms with Crippen molar-refractivity contribution in [3.63, 3.8) is 0 Å². The molecule has 1 unspecified atom stereocenters. The summed E-state index contributed by atoms with van der Waals surface area (Å²) >= 11 is 0. The fraction of sp³-hybridized carbons (Fsp3) is 0.190. The van der Waals surface area contributed by atoms with E-state index in [0.717, 1.165) is 41.3 Å². The molecule has 0 spiro atoms. The number of rotatable bonds is 4. The Kier molecular flexibility index (Phi) is 4.10. The van der Waals surface area contributed by atoms with E-state index in [1.165, 1.54) is 17.7 Å². The van der Waals surface area contributed by atoms with Crippen molar-refractivity contribution in [1.29, 1.82) is 0 Å². The highest BCUT2D eigenvalue weighted by molar-refractivity contribution is 5.66. The Morgan fingerprint density at radius 1 is 1.04 bits per heavy atom. The van der Waals surface area contributed by atoms with Crippen LogP contribution in [0.4, 0.5) is 10.2 Å². The second kappa shape index (κ2) is 6.55. The molecule has 0 bridgehead atoms. The first-order valence-electron chi connectivity index (χ1n) is 8.43. The zero-order valence-electron chi connectivity index (χ0n) is 14.0. The van der Waals surface area contributed by atoms with E-state index in [9.17, 15) is 4.39 Å². The van der Waals surface area contributed by atoms with Crippen LogP contribution in [-0.4, -0.2) is 11.6 Å². The normalized spacial score (nSPS) is 13.8. The second-order valence-electron chi connectivity index (χ2n) is 6.27. The molecule has 4 heteroatoms. The predicted molar refractivity (Wildman–Crippen MR) is 97.3 cm³/mol. The van der Waals surface area contributed by atoms with Gasteiger partial charge in [-0.3, -0.25) is 0 Å². The first-order valence-corrected chi connectivity index (χ1v) is 8.43. The summed E-state index contributed by atoms with van der Waals surface area (Å²) in [5, 5.41) is 3.34. The van der Waals surface area contributed by atoms with Gasteiger partial charge in [0.15, 0.2) is 0 Å². The van der Waals surface area contributed by atoms with E-state index in [-0.39, 0.29) is 11.9 Å². The number of benzene rings is 2. The number of halogens is 1. The van der Waals surface area contributed by atoms with Crippen LogP contribution in [0, 0.1) is 5.82 Å². The highest BCUT2D eigenvalue weighted by Gasteiger charge is 2.13. The van der Waals surface area contributed by atoms with E-state index in [1.807, 2.05) is 25.3 Å². The van der Waals surface area contributed by atoms with E-state index in [2.05, 4.69) is 28.5 Å². The maximum atomic E-state index is 13.0. The van der Waals surface area contributed by atoms with Gasteiger partial charge in [0.25, 0.3) is 0 Å². The molecule has 2 heterocycles. The Balaban J connectivity index is 1.49. The maximum Gasteiger partial charge on any atom is 0.126 e. The van der Waals surface area contributed by atoms with Crippen LogP contribution in [0.5, 0.6) is 5.75 Å². The Morgan fingerprint density at radius 2 is 1.84 bits per heavy atom. The number of anilines is 1. The number of ether oxygens (including phenoxy) is 1. The van der Waals surface area contributed by atoms with Gasteiger partial charge in [0, 0.05) is 24.2 Å². The topological polar surface area (TPSA) is 34.1 Å². The molecule has 4 rings (SSSR count). The minimum atomic E-state index is -0.225. The standard InChI is InChI=1S/C21H19FN2O/c1-14(15-4-7-19(22)8-5-15)24-21-9-6-18(13-23-21)17-3-2-16-10-11-25-20(16)12-17/h2-9,12-14H,10-11H2,1H3,(H,23,24). The minimum absolute atomic E-state index is 0.0485. The molecule has 1 aliphatic rings. The fourth-order valence-electron chi connectivity index (χ4n) is 3.05. The monoisotopic (exact) mass is 334 g/mol. The summed E-state index contributed by atoms with van der Waals surface area (Å²) in [6, 6.07) is 16.9. The predicted octanol–water partition coefficient (Wildman–Crippen LogP) is 5.00. The number of aromatic nitrogens is 1. The first-order chi connectivity index (χ1) is 12.2. The molecule has 1 aliphatic heterocycles. The van der Waals surface area contributed by atoms with Gasteiger partial charge in [-0.05, 0) is 53.9 Å². The van der Waals surface area contributed by atoms with Gasteiger partial charge in [-0.25, -0.2) is 9.37 Å². The van der Waals surface area contributed by atoms with Crippen LogP contribution in [0.3, 0.4) is 0 Å². The molecule has 1 aromatic heterocycles. The van der Waals surface area contributed by atoms with Gasteiger partial charge in [-0.15, -0.1) is 0 Å². The number of nitrogens with zero attached hydrogens (tertiary/aromatic N) is 1. The third kappa shape index (κ3) is 3.33. The molecule has 0 saturated heterocycles. The SMILES string of the molecule is CC(Nc1ccc(-c2ccc3c(c2)OCC3)cn1)c1ccc(F)cc1. The minimum Gasteiger partial charge on any atom is -0.493 e. The van der Waals surface area contributed by atoms with E-state index in [1.54, 1.807) is 12.1 Å². The lowest BCUT2D eigenvalue weighted by Crippen LogP contribution is -2.07. The number of pyridine rings is 1. The Bertz CT molecular complexity index is 875. The fourth-order valence-corrected chi connectivity index (χ4v) is 3.05. The van der Waals surface area contributed by atoms with Crippen molar-refractivity contribution in [1.82, 2.24) is 4.98 Å². The summed E-state index contributed by atoms with van der Waals surface area (Å²) in [4.78, 5) is 4.51. The van der Waals surface area contributed by atoms with E-state index in [0.29, 0.717) is 0 Å². The lowest BCUT2D eigenvalue weighted by atomic mass is 10.0. The molecule has 126 valence electrons. The molecule has 0 saturated carbocycles. The summed E-state index contributed by atoms with van der Waals surface area (Å²) in [5.74, 6) is 1.54. The number of nitrogens with one attached hydrogen (secondary N) is 1. The molecule has 3 nitrogen and oxygen atoms in total. The van der Waals surface area contributed by atoms with Gasteiger partial charge in [0.2, 0.25) is 0 Å². The quantitative estimate of drug-likeness (QED) is 0.729. The lowest BCUT2D eigenvalue weighted by molar-refractivity contribution is 0.357. The number of fused-ring (bicyclic) bond motifs is 1. The van der Waals surface area contributed by atoms with Crippen molar-refractivity contribution in [2.45, 2.75) is 19.4 Å². The molecule has 3 aromatic rings. The summed E-state index contributed by atoms with van der Waals surface area (Å²) in [7, 11) is 0. The number of hydrogen-bond acceptors (Lipinski definition) is 3. The van der Waals surface area contributed by atoms with Gasteiger partial charge >= 0.3 is 0 Å². The van der Waals surface area contributed by atoms with E-state index < -0.39 is 0 Å². The van der Waals surface area contributed by atoms with E-state index >= 15 is 0 Å². The Morgan fingerprint density at radius 3 is 2.60 bits per heavy atom. The van der Waals surface area contributed by atoms with Crippen LogP contribution in [0.15, 0.2) is 60.8 Å². The van der Waals surface area contributed by atoms with Crippen molar-refractivity contribution >= 4 is 5.82 Å². The Hall–Kier alpha value is -2.88. The summed E-state index contributed by atoms with van der Waals surface area (Å²) in [6.45, 7) is 2.79. The van der Waals surface area contributed by atoms with Gasteiger partial charge < -0.3 is 10.1 Å². The molecule has 1 atom stereocenters. The maximum absolute atomic E-state index is 13.0. The van der Waals surface area contributed by atoms with Crippen LogP contribution in [0.25, 0.3) is 11.1 Å². The van der Waals surface area contributed by atoms with Gasteiger partial charge in [0.1, 0.15) is 17.4 Å². The first kappa shape index (κ1) is 15.6. The third-order valence-electron chi connectivity index (χ3n) is 4.53. The van der Waals surface area contributed by atoms with Crippen molar-refractivity contribution in [2.75, 3.05) is 11.9 Å². The summed E-state index contributed by atoms with van der Waals surface area (Å²) in [5.41, 5.74) is 4.44. The lowest BCUT2D eigenvalue weighted by Gasteiger charge is -2.15. The third-order valence-corrected chi connectivity index (χ3v) is 4.53. The van der Waals surface area contributed by atoms with Gasteiger partial charge in [-0.2, -0.15) is 0 Å². The van der Waals surface area contributed by atoms with Crippen LogP contribution >= 0.6 is 0 Å². The highest BCUT2D eigenvalue weighted by Crippen LogP contribution is 2.31. The van der Waals surface area contributed by atoms with Gasteiger partial charge in [-0.1, -0.05) is 24.3 Å². The number of hydrogen-bond donors (Lipinski definition) is 1. The van der Waals surface area contributed by atoms with Gasteiger partial charge in [0.05, 0.1) is 6.61 Å². The average molecular weight is 334 g/mol. The van der Waals surface area contributed by atoms with Crippen LogP contribution in [-0.2, 0) is 6.42 Å². The van der Waals surface area contributed by atoms with Crippen LogP contribution < -0.4 is 10.1 Å². The largest absolute Gasteiger partial charge is 0.493 e.